The van der Waals surface area contributed by atoms with Crippen LogP contribution in [0.5, 0.6) is 0 Å². The van der Waals surface area contributed by atoms with E-state index >= 15 is 0 Å². The standard InChI is InChI=1S/C9H6N2O2/c12-9-4-1-6-5-7(11-13)2-3-8(6)10-9/h1-5H,(H,10,12). The van der Waals surface area contributed by atoms with Crippen molar-refractivity contribution >= 4 is 16.6 Å². The van der Waals surface area contributed by atoms with E-state index in [4.69, 9.17) is 0 Å². The van der Waals surface area contributed by atoms with Crippen LogP contribution in [0.25, 0.3) is 10.9 Å². The first-order chi connectivity index (χ1) is 6.29. The molecule has 4 heteroatoms. The van der Waals surface area contributed by atoms with Crippen molar-refractivity contribution in [1.82, 2.24) is 4.98 Å². The second-order valence-corrected chi connectivity index (χ2v) is 2.69. The number of nitrogens with zero attached hydrogens (tertiary/aromatic N) is 1. The Kier molecular flexibility index (Phi) is 1.66. The lowest BCUT2D eigenvalue weighted by Gasteiger charge is -1.95. The maximum absolute atomic E-state index is 10.9. The number of hydrogen-bond donors (Lipinski definition) is 1. The van der Waals surface area contributed by atoms with Crippen molar-refractivity contribution in [3.05, 3.63) is 45.6 Å². The summed E-state index contributed by atoms with van der Waals surface area (Å²) < 4.78 is 0. The number of nitroso groups, excluding NO2 is 1. The summed E-state index contributed by atoms with van der Waals surface area (Å²) in [5.41, 5.74) is 0.916. The summed E-state index contributed by atoms with van der Waals surface area (Å²) in [4.78, 5) is 23.7. The van der Waals surface area contributed by atoms with Gasteiger partial charge < -0.3 is 4.98 Å². The lowest BCUT2D eigenvalue weighted by Crippen LogP contribution is -2.01. The Bertz CT molecular complexity index is 516. The Morgan fingerprint density at radius 2 is 2.00 bits per heavy atom. The topological polar surface area (TPSA) is 62.3 Å². The molecule has 0 fully saturated rings. The molecule has 0 atom stereocenters. The molecule has 0 saturated heterocycles. The first-order valence-electron chi connectivity index (χ1n) is 3.76. The van der Waals surface area contributed by atoms with E-state index in [2.05, 4.69) is 10.2 Å². The summed E-state index contributed by atoms with van der Waals surface area (Å²) in [5.74, 6) is 0. The first-order valence-corrected chi connectivity index (χ1v) is 3.76. The molecule has 2 aromatic rings. The molecule has 1 aromatic carbocycles. The Morgan fingerprint density at radius 3 is 2.77 bits per heavy atom. The summed E-state index contributed by atoms with van der Waals surface area (Å²) in [6, 6.07) is 7.91. The minimum atomic E-state index is -0.153. The van der Waals surface area contributed by atoms with Gasteiger partial charge in [-0.3, -0.25) is 4.79 Å². The molecule has 0 spiro atoms. The zero-order chi connectivity index (χ0) is 9.26. The van der Waals surface area contributed by atoms with Crippen LogP contribution in [0.4, 0.5) is 5.69 Å². The predicted octanol–water partition coefficient (Wildman–Crippen LogP) is 1.93. The fraction of sp³-hybridized carbons (Fsp3) is 0. The van der Waals surface area contributed by atoms with Crippen molar-refractivity contribution in [3.8, 4) is 0 Å². The predicted molar refractivity (Wildman–Crippen MR) is 50.0 cm³/mol. The van der Waals surface area contributed by atoms with Crippen molar-refractivity contribution in [2.24, 2.45) is 5.18 Å². The Morgan fingerprint density at radius 1 is 1.15 bits per heavy atom. The zero-order valence-electron chi connectivity index (χ0n) is 6.65. The molecular weight excluding hydrogens is 168 g/mol. The first kappa shape index (κ1) is 7.67. The average Bonchev–Trinajstić information content (AvgIpc) is 2.17. The van der Waals surface area contributed by atoms with E-state index in [1.165, 1.54) is 6.07 Å². The molecule has 4 nitrogen and oxygen atoms in total. The van der Waals surface area contributed by atoms with Crippen LogP contribution in [0, 0.1) is 4.91 Å². The van der Waals surface area contributed by atoms with Crippen LogP contribution in [-0.2, 0) is 0 Å². The van der Waals surface area contributed by atoms with Gasteiger partial charge in [0.1, 0.15) is 5.69 Å². The van der Waals surface area contributed by atoms with E-state index in [1.807, 2.05) is 0 Å². The van der Waals surface area contributed by atoms with Crippen LogP contribution < -0.4 is 5.56 Å². The number of hydrogen-bond acceptors (Lipinski definition) is 3. The van der Waals surface area contributed by atoms with Crippen LogP contribution in [0.15, 0.2) is 40.3 Å². The third-order valence-corrected chi connectivity index (χ3v) is 1.81. The van der Waals surface area contributed by atoms with Crippen LogP contribution >= 0.6 is 0 Å². The smallest absolute Gasteiger partial charge is 0.248 e. The highest BCUT2D eigenvalue weighted by Gasteiger charge is 1.96. The van der Waals surface area contributed by atoms with Crippen molar-refractivity contribution in [2.75, 3.05) is 0 Å². The van der Waals surface area contributed by atoms with Crippen molar-refractivity contribution < 1.29 is 0 Å². The highest BCUT2D eigenvalue weighted by Crippen LogP contribution is 2.17. The van der Waals surface area contributed by atoms with Gasteiger partial charge in [0.05, 0.1) is 0 Å². The highest BCUT2D eigenvalue weighted by atomic mass is 16.3. The monoisotopic (exact) mass is 174 g/mol. The molecule has 64 valence electrons. The molecule has 1 aromatic heterocycles. The number of H-pyrrole nitrogens is 1. The SMILES string of the molecule is O=Nc1ccc2[nH]c(=O)ccc2c1. The number of nitrogens with one attached hydrogen (secondary N) is 1. The lowest BCUT2D eigenvalue weighted by molar-refractivity contribution is 1.30. The van der Waals surface area contributed by atoms with Crippen molar-refractivity contribution in [2.45, 2.75) is 0 Å². The molecule has 0 aliphatic carbocycles. The molecule has 0 amide bonds. The van der Waals surface area contributed by atoms with Crippen LogP contribution in [0.1, 0.15) is 0 Å². The van der Waals surface area contributed by atoms with Crippen LogP contribution in [0.3, 0.4) is 0 Å². The maximum Gasteiger partial charge on any atom is 0.248 e. The summed E-state index contributed by atoms with van der Waals surface area (Å²) in [6.45, 7) is 0. The minimum Gasteiger partial charge on any atom is -0.322 e. The fourth-order valence-corrected chi connectivity index (χ4v) is 1.20. The second-order valence-electron chi connectivity index (χ2n) is 2.69. The van der Waals surface area contributed by atoms with E-state index < -0.39 is 0 Å². The molecule has 1 N–H and O–H groups in total. The molecule has 0 saturated carbocycles. The third kappa shape index (κ3) is 1.33. The van der Waals surface area contributed by atoms with Gasteiger partial charge in [-0.15, -0.1) is 4.91 Å². The lowest BCUT2D eigenvalue weighted by atomic mass is 10.2. The molecular formula is C9H6N2O2. The summed E-state index contributed by atoms with van der Waals surface area (Å²) in [5, 5.41) is 3.60. The number of aromatic amines is 1. The largest absolute Gasteiger partial charge is 0.322 e. The summed E-state index contributed by atoms with van der Waals surface area (Å²) >= 11 is 0. The molecule has 0 radical (unpaired) electrons. The van der Waals surface area contributed by atoms with Gasteiger partial charge in [0.25, 0.3) is 0 Å². The van der Waals surface area contributed by atoms with Gasteiger partial charge in [-0.25, -0.2) is 0 Å². The molecule has 2 rings (SSSR count). The van der Waals surface area contributed by atoms with Gasteiger partial charge in [-0.2, -0.15) is 0 Å². The van der Waals surface area contributed by atoms with E-state index in [0.29, 0.717) is 11.2 Å². The van der Waals surface area contributed by atoms with Gasteiger partial charge in [0, 0.05) is 17.0 Å². The third-order valence-electron chi connectivity index (χ3n) is 1.81. The fourth-order valence-electron chi connectivity index (χ4n) is 1.20. The average molecular weight is 174 g/mol. The van der Waals surface area contributed by atoms with Gasteiger partial charge >= 0.3 is 0 Å². The summed E-state index contributed by atoms with van der Waals surface area (Å²) in [7, 11) is 0. The minimum absolute atomic E-state index is 0.153. The van der Waals surface area contributed by atoms with Gasteiger partial charge in [-0.1, -0.05) is 0 Å². The van der Waals surface area contributed by atoms with E-state index in [0.717, 1.165) is 5.39 Å². The van der Waals surface area contributed by atoms with Crippen molar-refractivity contribution in [1.29, 1.82) is 0 Å². The van der Waals surface area contributed by atoms with E-state index in [9.17, 15) is 9.70 Å². The van der Waals surface area contributed by atoms with Gasteiger partial charge in [0.15, 0.2) is 0 Å². The van der Waals surface area contributed by atoms with E-state index in [-0.39, 0.29) is 5.56 Å². The molecule has 0 bridgehead atoms. The second kappa shape index (κ2) is 2.82. The number of fused-ring (bicyclic) bond motifs is 1. The Labute approximate surface area is 73.2 Å². The zero-order valence-corrected chi connectivity index (χ0v) is 6.65. The number of benzene rings is 1. The number of rotatable bonds is 1. The molecule has 0 aliphatic heterocycles. The Balaban J connectivity index is 2.80. The van der Waals surface area contributed by atoms with Crippen molar-refractivity contribution in [3.63, 3.8) is 0 Å². The Hall–Kier alpha value is -1.97. The molecule has 1 heterocycles. The van der Waals surface area contributed by atoms with E-state index in [1.54, 1.807) is 24.3 Å². The van der Waals surface area contributed by atoms with Crippen LogP contribution in [0.2, 0.25) is 0 Å². The molecule has 0 aliphatic rings. The molecule has 13 heavy (non-hydrogen) atoms. The normalized spacial score (nSPS) is 10.2. The van der Waals surface area contributed by atoms with Gasteiger partial charge in [0.2, 0.25) is 5.56 Å². The van der Waals surface area contributed by atoms with Crippen LogP contribution in [-0.4, -0.2) is 4.98 Å². The molecule has 0 unspecified atom stereocenters. The number of aromatic nitrogens is 1. The highest BCUT2D eigenvalue weighted by molar-refractivity contribution is 5.81. The van der Waals surface area contributed by atoms with Gasteiger partial charge in [-0.05, 0) is 29.4 Å². The quantitative estimate of drug-likeness (QED) is 0.671. The number of pyridine rings is 1. The summed E-state index contributed by atoms with van der Waals surface area (Å²) in [6.07, 6.45) is 0. The maximum atomic E-state index is 10.9.